The molecule has 7 aromatic carbocycles. The van der Waals surface area contributed by atoms with Crippen molar-refractivity contribution in [2.24, 2.45) is 0 Å². The molecule has 0 bridgehead atoms. The topological polar surface area (TPSA) is 245 Å². The summed E-state index contributed by atoms with van der Waals surface area (Å²) in [5.41, 5.74) is 5.97. The van der Waals surface area contributed by atoms with E-state index in [9.17, 15) is 50.5 Å². The molecule has 0 heterocycles. The Balaban J connectivity index is 1.13. The average Bonchev–Trinajstić information content (AvgIpc) is 1.11. The van der Waals surface area contributed by atoms with Crippen LogP contribution in [0.3, 0.4) is 0 Å². The van der Waals surface area contributed by atoms with Crippen LogP contribution in [0.15, 0.2) is 205 Å². The van der Waals surface area contributed by atoms with E-state index in [2.05, 4.69) is 9.44 Å². The molecule has 0 saturated heterocycles. The summed E-state index contributed by atoms with van der Waals surface area (Å²) in [7, 11) is -24.7. The molecule has 7 aromatic rings. The summed E-state index contributed by atoms with van der Waals surface area (Å²) >= 11 is 0. The highest BCUT2D eigenvalue weighted by Gasteiger charge is 2.31. The van der Waals surface area contributed by atoms with E-state index in [0.717, 1.165) is 38.9 Å². The van der Waals surface area contributed by atoms with Gasteiger partial charge < -0.3 is 0 Å². The summed E-state index contributed by atoms with van der Waals surface area (Å²) in [6, 6.07) is 47.6. The maximum Gasteiger partial charge on any atom is 0.243 e. The molecule has 0 aliphatic carbocycles. The summed E-state index contributed by atoms with van der Waals surface area (Å²) in [4.78, 5) is 2.17. The fourth-order valence-electron chi connectivity index (χ4n) is 9.84. The first kappa shape index (κ1) is 71.4. The van der Waals surface area contributed by atoms with E-state index in [1.807, 2.05) is 76.8 Å². The van der Waals surface area contributed by atoms with Crippen LogP contribution in [0.5, 0.6) is 0 Å². The molecule has 7 rings (SSSR count). The second kappa shape index (κ2) is 32.0. The van der Waals surface area contributed by atoms with Crippen molar-refractivity contribution in [3.05, 3.63) is 215 Å². The minimum atomic E-state index is -4.25. The normalized spacial score (nSPS) is 12.9. The zero-order chi connectivity index (χ0) is 65.3. The third-order valence-electron chi connectivity index (χ3n) is 15.3. The first-order valence-corrected chi connectivity index (χ1v) is 38.5. The highest BCUT2D eigenvalue weighted by Crippen LogP contribution is 2.24. The minimum Gasteiger partial charge on any atom is -0.296 e. The predicted octanol–water partition coefficient (Wildman–Crippen LogP) is 8.62. The van der Waals surface area contributed by atoms with Crippen LogP contribution < -0.4 is 9.44 Å². The zero-order valence-corrected chi connectivity index (χ0v) is 56.7. The van der Waals surface area contributed by atoms with E-state index in [4.69, 9.17) is 0 Å². The van der Waals surface area contributed by atoms with Crippen molar-refractivity contribution < 1.29 is 50.5 Å². The Bertz CT molecular complexity index is 3900. The van der Waals surface area contributed by atoms with E-state index in [-0.39, 0.29) is 140 Å². The van der Waals surface area contributed by atoms with Gasteiger partial charge in [0.2, 0.25) is 60.1 Å². The molecule has 486 valence electrons. The van der Waals surface area contributed by atoms with Gasteiger partial charge in [-0.15, -0.1) is 0 Å². The number of sulfonamides is 6. The molecule has 90 heavy (non-hydrogen) atoms. The van der Waals surface area contributed by atoms with Crippen LogP contribution in [0.2, 0.25) is 0 Å². The summed E-state index contributed by atoms with van der Waals surface area (Å²) in [6.45, 7) is 10.4. The molecular formula is C65H83N7O12S6. The SMILES string of the molecule is Cc1ccc(S(=O)(=O)NCCCN(CCCN(CCN(CCN(CCCN(CCCNS(=O)(=O)c2ccc(C)cc2)S(=O)(=O)c2ccc(C)cc2)S(=O)(=O)c2ccc(C)cc2)Cc2ccccc2)S(=O)(=O)c2ccc(C)cc2)S(=O)(=O)c2ccc(C)cc2)cc1. The standard InChI is InChI=1S/C65H83N7O12S6/c1-53-16-28-60(29-17-53)85(73,74)66-40-10-42-69(87(77,78)62-32-20-55(3)21-33-62)44-12-46-71(89(81,82)64-36-24-57(5)25-37-64)50-48-68(52-59-14-8-7-9-15-59)49-51-72(90(83,84)65-38-26-58(6)27-39-65)47-13-45-70(88(79,80)63-34-22-56(4)23-35-63)43-11-41-67-86(75,76)61-30-18-54(2)19-31-61/h7-9,14-39,66-67H,10-13,40-52H2,1-6H3. The Morgan fingerprint density at radius 3 is 0.767 bits per heavy atom. The molecule has 19 nitrogen and oxygen atoms in total. The van der Waals surface area contributed by atoms with Crippen LogP contribution in [0.25, 0.3) is 0 Å². The minimum absolute atomic E-state index is 0.0186. The van der Waals surface area contributed by atoms with Gasteiger partial charge in [-0.2, -0.15) is 17.2 Å². The molecular weight excluding hydrogens is 1260 g/mol. The molecule has 0 saturated carbocycles. The van der Waals surface area contributed by atoms with E-state index < -0.39 is 60.1 Å². The Labute approximate surface area is 535 Å². The maximum absolute atomic E-state index is 14.9. The lowest BCUT2D eigenvalue weighted by Crippen LogP contribution is -2.44. The third-order valence-corrected chi connectivity index (χ3v) is 25.9. The lowest BCUT2D eigenvalue weighted by molar-refractivity contribution is 0.221. The number of nitrogens with one attached hydrogen (secondary N) is 2. The fourth-order valence-corrected chi connectivity index (χ4v) is 18.0. The lowest BCUT2D eigenvalue weighted by Gasteiger charge is -2.31. The van der Waals surface area contributed by atoms with Crippen LogP contribution in [0.4, 0.5) is 0 Å². The highest BCUT2D eigenvalue weighted by atomic mass is 32.2. The first-order chi connectivity index (χ1) is 42.6. The van der Waals surface area contributed by atoms with Crippen molar-refractivity contribution in [3.8, 4) is 0 Å². The lowest BCUT2D eigenvalue weighted by atomic mass is 10.2. The molecule has 0 aliphatic heterocycles. The predicted molar refractivity (Wildman–Crippen MR) is 353 cm³/mol. The van der Waals surface area contributed by atoms with Crippen molar-refractivity contribution in [2.75, 3.05) is 78.5 Å². The molecule has 0 unspecified atom stereocenters. The maximum atomic E-state index is 14.9. The number of rotatable bonds is 36. The second-order valence-electron chi connectivity index (χ2n) is 22.5. The largest absolute Gasteiger partial charge is 0.296 e. The van der Waals surface area contributed by atoms with Gasteiger partial charge in [-0.3, -0.25) is 4.90 Å². The molecule has 25 heteroatoms. The van der Waals surface area contributed by atoms with Gasteiger partial charge in [0.1, 0.15) is 0 Å². The number of hydrogen-bond donors (Lipinski definition) is 2. The summed E-state index contributed by atoms with van der Waals surface area (Å²) in [5, 5.41) is 0. The van der Waals surface area contributed by atoms with Gasteiger partial charge in [-0.05, 0) is 146 Å². The monoisotopic (exact) mass is 1350 g/mol. The van der Waals surface area contributed by atoms with Crippen molar-refractivity contribution in [3.63, 3.8) is 0 Å². The van der Waals surface area contributed by atoms with E-state index in [1.165, 1.54) is 90.0 Å². The Morgan fingerprint density at radius 1 is 0.267 bits per heavy atom. The van der Waals surface area contributed by atoms with Crippen molar-refractivity contribution in [2.45, 2.75) is 103 Å². The van der Waals surface area contributed by atoms with Crippen LogP contribution in [0.1, 0.15) is 64.6 Å². The number of nitrogens with zero attached hydrogens (tertiary/aromatic N) is 5. The number of aryl methyl sites for hydroxylation is 6. The zero-order valence-electron chi connectivity index (χ0n) is 51.8. The van der Waals surface area contributed by atoms with E-state index in [0.29, 0.717) is 0 Å². The van der Waals surface area contributed by atoms with Crippen molar-refractivity contribution in [1.82, 2.24) is 31.6 Å². The smallest absolute Gasteiger partial charge is 0.243 e. The van der Waals surface area contributed by atoms with Gasteiger partial charge in [0.25, 0.3) is 0 Å². The average molecular weight is 1350 g/mol. The fraction of sp³-hybridized carbons (Fsp3) is 0.354. The van der Waals surface area contributed by atoms with Gasteiger partial charge in [-0.25, -0.2) is 60.0 Å². The molecule has 0 atom stereocenters. The molecule has 0 amide bonds. The van der Waals surface area contributed by atoms with Crippen molar-refractivity contribution in [1.29, 1.82) is 0 Å². The van der Waals surface area contributed by atoms with Crippen molar-refractivity contribution >= 4 is 60.1 Å². The molecule has 0 aromatic heterocycles. The Hall–Kier alpha value is -6.04. The van der Waals surface area contributed by atoms with Gasteiger partial charge in [-0.1, -0.05) is 137 Å². The van der Waals surface area contributed by atoms with Crippen LogP contribution >= 0.6 is 0 Å². The second-order valence-corrected chi connectivity index (χ2v) is 33.8. The van der Waals surface area contributed by atoms with Gasteiger partial charge >= 0.3 is 0 Å². The van der Waals surface area contributed by atoms with Gasteiger partial charge in [0, 0.05) is 85.1 Å². The summed E-state index contributed by atoms with van der Waals surface area (Å²) in [5.74, 6) is 0. The molecule has 0 radical (unpaired) electrons. The summed E-state index contributed by atoms with van der Waals surface area (Å²) in [6.07, 6.45) is 0.260. The highest BCUT2D eigenvalue weighted by molar-refractivity contribution is 7.90. The van der Waals surface area contributed by atoms with Crippen LogP contribution in [-0.4, -0.2) is 151 Å². The number of benzene rings is 7. The molecule has 2 N–H and O–H groups in total. The quantitative estimate of drug-likeness (QED) is 0.0350. The number of hydrogen-bond acceptors (Lipinski definition) is 13. The Morgan fingerprint density at radius 2 is 0.500 bits per heavy atom. The van der Waals surface area contributed by atoms with E-state index in [1.54, 1.807) is 72.8 Å². The molecule has 0 fully saturated rings. The first-order valence-electron chi connectivity index (χ1n) is 29.7. The summed E-state index contributed by atoms with van der Waals surface area (Å²) < 4.78 is 180. The van der Waals surface area contributed by atoms with Gasteiger partial charge in [0.15, 0.2) is 0 Å². The molecule has 0 aliphatic rings. The third kappa shape index (κ3) is 20.0. The van der Waals surface area contributed by atoms with Crippen LogP contribution in [-0.2, 0) is 66.7 Å². The van der Waals surface area contributed by atoms with Gasteiger partial charge in [0.05, 0.1) is 29.4 Å². The Kier molecular flexibility index (Phi) is 25.4. The molecule has 0 spiro atoms. The van der Waals surface area contributed by atoms with Crippen LogP contribution in [0, 0.1) is 41.5 Å². The van der Waals surface area contributed by atoms with E-state index >= 15 is 0 Å².